The Morgan fingerprint density at radius 2 is 1.80 bits per heavy atom. The number of nitrogens with one attached hydrogen (secondary N) is 1. The van der Waals surface area contributed by atoms with Crippen LogP contribution in [0.1, 0.15) is 26.3 Å². The molecule has 0 bridgehead atoms. The zero-order chi connectivity index (χ0) is 22.1. The molecule has 1 unspecified atom stereocenters. The molecule has 1 aliphatic heterocycles. The second kappa shape index (κ2) is 8.27. The Bertz CT molecular complexity index is 1160. The van der Waals surface area contributed by atoms with Gasteiger partial charge in [-0.25, -0.2) is 21.1 Å². The van der Waals surface area contributed by atoms with E-state index in [-0.39, 0.29) is 28.7 Å². The lowest BCUT2D eigenvalue weighted by molar-refractivity contribution is -0.119. The molecule has 8 nitrogen and oxygen atoms in total. The Morgan fingerprint density at radius 1 is 1.13 bits per heavy atom. The fourth-order valence-electron chi connectivity index (χ4n) is 3.21. The van der Waals surface area contributed by atoms with Crippen molar-refractivity contribution in [1.29, 1.82) is 0 Å². The van der Waals surface area contributed by atoms with Gasteiger partial charge in [-0.3, -0.25) is 9.52 Å². The fraction of sp³-hybridized carbons (Fsp3) is 0.350. The maximum Gasteiger partial charge on any atom is 0.265 e. The largest absolute Gasteiger partial charge is 0.492 e. The van der Waals surface area contributed by atoms with Crippen molar-refractivity contribution in [2.45, 2.75) is 32.1 Å². The van der Waals surface area contributed by atoms with Crippen molar-refractivity contribution in [3.05, 3.63) is 48.0 Å². The number of hydrogen-bond donors (Lipinski definition) is 1. The molecular weight excluding hydrogens is 428 g/mol. The Kier molecular flexibility index (Phi) is 6.09. The van der Waals surface area contributed by atoms with E-state index in [2.05, 4.69) is 4.72 Å². The summed E-state index contributed by atoms with van der Waals surface area (Å²) in [5.74, 6) is -1.54. The van der Waals surface area contributed by atoms with Crippen LogP contribution in [0.15, 0.2) is 47.4 Å². The van der Waals surface area contributed by atoms with Crippen LogP contribution in [0.25, 0.3) is 0 Å². The summed E-state index contributed by atoms with van der Waals surface area (Å²) in [5, 5.41) is 0. The summed E-state index contributed by atoms with van der Waals surface area (Å²) in [5.41, 5.74) is 1.38. The van der Waals surface area contributed by atoms with Crippen LogP contribution >= 0.6 is 0 Å². The molecule has 1 amide bonds. The number of nitrogens with zero attached hydrogens (tertiary/aromatic N) is 1. The first-order valence-electron chi connectivity index (χ1n) is 9.54. The summed E-state index contributed by atoms with van der Waals surface area (Å²) in [4.78, 5) is 12.1. The molecule has 2 aromatic carbocycles. The van der Waals surface area contributed by atoms with Crippen molar-refractivity contribution in [2.75, 3.05) is 21.4 Å². The number of sulfonamides is 2. The van der Waals surface area contributed by atoms with Gasteiger partial charge in [0.25, 0.3) is 10.0 Å². The topological polar surface area (TPSA) is 110 Å². The second-order valence-electron chi connectivity index (χ2n) is 7.00. The Balaban J connectivity index is 2.05. The van der Waals surface area contributed by atoms with E-state index in [1.165, 1.54) is 19.1 Å². The third kappa shape index (κ3) is 4.29. The summed E-state index contributed by atoms with van der Waals surface area (Å²) < 4.78 is 59.6. The second-order valence-corrected chi connectivity index (χ2v) is 10.5. The number of carbonyl (C=O) groups is 1. The molecule has 0 aromatic heterocycles. The summed E-state index contributed by atoms with van der Waals surface area (Å²) in [6.45, 7) is 5.43. The van der Waals surface area contributed by atoms with Gasteiger partial charge in [-0.1, -0.05) is 26.0 Å². The number of benzene rings is 2. The standard InChI is InChI=1S/C20H24N2O6S2/c1-4-15-6-8-16(9-7-15)21-30(26,27)19-12-17(10-11-18(19)28-5-2)22-20(23)14(3)13-29(22,24)25/h6-12,14,21H,4-5,13H2,1-3H3. The number of amides is 1. The highest BCUT2D eigenvalue weighted by atomic mass is 32.2. The molecule has 2 aromatic rings. The predicted molar refractivity (Wildman–Crippen MR) is 115 cm³/mol. The van der Waals surface area contributed by atoms with Crippen molar-refractivity contribution in [2.24, 2.45) is 5.92 Å². The highest BCUT2D eigenvalue weighted by molar-refractivity contribution is 7.94. The smallest absolute Gasteiger partial charge is 0.265 e. The van der Waals surface area contributed by atoms with Gasteiger partial charge in [0.1, 0.15) is 10.6 Å². The third-order valence-electron chi connectivity index (χ3n) is 4.73. The van der Waals surface area contributed by atoms with Gasteiger partial charge in [0, 0.05) is 5.69 Å². The average Bonchev–Trinajstić information content (AvgIpc) is 2.89. The highest BCUT2D eigenvalue weighted by Gasteiger charge is 2.42. The molecule has 10 heteroatoms. The van der Waals surface area contributed by atoms with E-state index in [1.807, 2.05) is 19.1 Å². The molecule has 0 spiro atoms. The monoisotopic (exact) mass is 452 g/mol. The van der Waals surface area contributed by atoms with Gasteiger partial charge in [-0.2, -0.15) is 0 Å². The number of anilines is 2. The molecule has 1 atom stereocenters. The van der Waals surface area contributed by atoms with E-state index >= 15 is 0 Å². The molecule has 30 heavy (non-hydrogen) atoms. The van der Waals surface area contributed by atoms with Gasteiger partial charge in [0.15, 0.2) is 0 Å². The molecule has 1 aliphatic rings. The number of hydrogen-bond acceptors (Lipinski definition) is 6. The van der Waals surface area contributed by atoms with Crippen LogP contribution in [0.3, 0.4) is 0 Å². The van der Waals surface area contributed by atoms with Gasteiger partial charge in [0.05, 0.1) is 24.0 Å². The first-order chi connectivity index (χ1) is 14.1. The lowest BCUT2D eigenvalue weighted by atomic mass is 10.2. The lowest BCUT2D eigenvalue weighted by Gasteiger charge is -2.19. The first-order valence-corrected chi connectivity index (χ1v) is 12.6. The van der Waals surface area contributed by atoms with Crippen molar-refractivity contribution < 1.29 is 26.4 Å². The van der Waals surface area contributed by atoms with Crippen LogP contribution in [-0.2, 0) is 31.3 Å². The van der Waals surface area contributed by atoms with E-state index < -0.39 is 31.9 Å². The Hall–Kier alpha value is -2.59. The van der Waals surface area contributed by atoms with Crippen LogP contribution in [0.2, 0.25) is 0 Å². The van der Waals surface area contributed by atoms with E-state index in [9.17, 15) is 21.6 Å². The quantitative estimate of drug-likeness (QED) is 0.692. The van der Waals surface area contributed by atoms with Crippen LogP contribution in [0, 0.1) is 5.92 Å². The lowest BCUT2D eigenvalue weighted by Crippen LogP contribution is -2.30. The fourth-order valence-corrected chi connectivity index (χ4v) is 6.25. The molecule has 3 rings (SSSR count). The Morgan fingerprint density at radius 3 is 2.33 bits per heavy atom. The van der Waals surface area contributed by atoms with Gasteiger partial charge >= 0.3 is 0 Å². The predicted octanol–water partition coefficient (Wildman–Crippen LogP) is 2.76. The Labute approximate surface area is 177 Å². The zero-order valence-corrected chi connectivity index (χ0v) is 18.6. The minimum Gasteiger partial charge on any atom is -0.492 e. The molecule has 1 fully saturated rings. The number of ether oxygens (including phenoxy) is 1. The normalized spacial score (nSPS) is 18.4. The number of aryl methyl sites for hydroxylation is 1. The highest BCUT2D eigenvalue weighted by Crippen LogP contribution is 2.34. The van der Waals surface area contributed by atoms with Crippen molar-refractivity contribution in [3.8, 4) is 5.75 Å². The molecule has 162 valence electrons. The van der Waals surface area contributed by atoms with Gasteiger partial charge < -0.3 is 4.74 Å². The summed E-state index contributed by atoms with van der Waals surface area (Å²) in [6.07, 6.45) is 0.820. The maximum absolute atomic E-state index is 13.1. The molecule has 1 saturated heterocycles. The molecular formula is C20H24N2O6S2. The molecule has 1 N–H and O–H groups in total. The number of carbonyl (C=O) groups excluding carboxylic acids is 1. The van der Waals surface area contributed by atoms with Crippen molar-refractivity contribution >= 4 is 37.3 Å². The van der Waals surface area contributed by atoms with Crippen LogP contribution in [0.5, 0.6) is 5.75 Å². The van der Waals surface area contributed by atoms with Crippen molar-refractivity contribution in [3.63, 3.8) is 0 Å². The first kappa shape index (κ1) is 22.1. The third-order valence-corrected chi connectivity index (χ3v) is 8.00. The van der Waals surface area contributed by atoms with Gasteiger partial charge in [0.2, 0.25) is 15.9 Å². The molecule has 1 heterocycles. The van der Waals surface area contributed by atoms with Crippen LogP contribution < -0.4 is 13.8 Å². The van der Waals surface area contributed by atoms with Gasteiger partial charge in [-0.05, 0) is 49.2 Å². The van der Waals surface area contributed by atoms with Gasteiger partial charge in [-0.15, -0.1) is 0 Å². The summed E-state index contributed by atoms with van der Waals surface area (Å²) >= 11 is 0. The number of rotatable bonds is 7. The zero-order valence-electron chi connectivity index (χ0n) is 17.0. The minimum atomic E-state index is -4.11. The van der Waals surface area contributed by atoms with E-state index in [0.717, 1.165) is 18.1 Å². The van der Waals surface area contributed by atoms with E-state index in [0.29, 0.717) is 9.99 Å². The van der Waals surface area contributed by atoms with Crippen LogP contribution in [0.4, 0.5) is 11.4 Å². The molecule has 0 aliphatic carbocycles. The SMILES string of the molecule is CCOc1ccc(N2C(=O)C(C)CS2(=O)=O)cc1S(=O)(=O)Nc1ccc(CC)cc1. The van der Waals surface area contributed by atoms with E-state index in [1.54, 1.807) is 19.1 Å². The minimum absolute atomic E-state index is 0.0329. The van der Waals surface area contributed by atoms with E-state index in [4.69, 9.17) is 4.74 Å². The molecule has 0 saturated carbocycles. The van der Waals surface area contributed by atoms with Crippen molar-refractivity contribution in [1.82, 2.24) is 0 Å². The average molecular weight is 453 g/mol. The summed E-state index contributed by atoms with van der Waals surface area (Å²) in [7, 11) is -7.98. The molecule has 0 radical (unpaired) electrons. The summed E-state index contributed by atoms with van der Waals surface area (Å²) in [6, 6.07) is 10.8. The maximum atomic E-state index is 13.1. The van der Waals surface area contributed by atoms with Crippen LogP contribution in [-0.4, -0.2) is 35.1 Å².